The molecule has 2 atom stereocenters. The summed E-state index contributed by atoms with van der Waals surface area (Å²) in [4.78, 5) is 11.9. The van der Waals surface area contributed by atoms with E-state index in [1.807, 2.05) is 12.2 Å². The quantitative estimate of drug-likeness (QED) is 0.747. The van der Waals surface area contributed by atoms with E-state index in [1.54, 1.807) is 18.2 Å². The average Bonchev–Trinajstić information content (AvgIpc) is 2.86. The summed E-state index contributed by atoms with van der Waals surface area (Å²) in [5, 5.41) is 15.0. The molecule has 0 bridgehead atoms. The molecule has 0 saturated carbocycles. The Morgan fingerprint density at radius 2 is 2.30 bits per heavy atom. The highest BCUT2D eigenvalue weighted by molar-refractivity contribution is 6.32. The molecule has 1 aliphatic carbocycles. The van der Waals surface area contributed by atoms with Crippen molar-refractivity contribution < 1.29 is 14.6 Å². The third-order valence-corrected chi connectivity index (χ3v) is 3.44. The number of benzene rings is 1. The van der Waals surface area contributed by atoms with Gasteiger partial charge in [0, 0.05) is 18.6 Å². The van der Waals surface area contributed by atoms with E-state index in [0.717, 1.165) is 0 Å². The number of amides is 2. The fourth-order valence-corrected chi connectivity index (χ4v) is 2.41. The molecular weight excluding hydrogens is 280 g/mol. The molecule has 0 spiro atoms. The van der Waals surface area contributed by atoms with Crippen molar-refractivity contribution in [3.05, 3.63) is 35.4 Å². The second-order valence-electron chi connectivity index (χ2n) is 4.59. The summed E-state index contributed by atoms with van der Waals surface area (Å²) in [6, 6.07) is 4.73. The number of aliphatic hydroxyl groups is 1. The molecule has 0 radical (unpaired) electrons. The maximum absolute atomic E-state index is 11.9. The van der Waals surface area contributed by atoms with Gasteiger partial charge >= 0.3 is 6.03 Å². The smallest absolute Gasteiger partial charge is 0.319 e. The van der Waals surface area contributed by atoms with Gasteiger partial charge in [-0.3, -0.25) is 0 Å². The van der Waals surface area contributed by atoms with Gasteiger partial charge in [-0.2, -0.15) is 0 Å². The van der Waals surface area contributed by atoms with Gasteiger partial charge in [0.05, 0.1) is 17.8 Å². The van der Waals surface area contributed by atoms with Gasteiger partial charge in [-0.05, 0) is 18.6 Å². The second-order valence-corrected chi connectivity index (χ2v) is 5.00. The molecule has 0 unspecified atom stereocenters. The third-order valence-electron chi connectivity index (χ3n) is 3.14. The van der Waals surface area contributed by atoms with Crippen LogP contribution in [0.4, 0.5) is 10.5 Å². The molecule has 3 N–H and O–H groups in total. The van der Waals surface area contributed by atoms with E-state index in [-0.39, 0.29) is 24.6 Å². The lowest BCUT2D eigenvalue weighted by molar-refractivity contribution is 0.238. The number of halogens is 1. The van der Waals surface area contributed by atoms with Gasteiger partial charge in [-0.1, -0.05) is 29.8 Å². The van der Waals surface area contributed by atoms with E-state index in [9.17, 15) is 4.79 Å². The maximum Gasteiger partial charge on any atom is 0.319 e. The highest BCUT2D eigenvalue weighted by atomic mass is 35.5. The summed E-state index contributed by atoms with van der Waals surface area (Å²) in [7, 11) is 1.50. The zero-order valence-electron chi connectivity index (χ0n) is 11.1. The van der Waals surface area contributed by atoms with E-state index < -0.39 is 0 Å². The van der Waals surface area contributed by atoms with Crippen molar-refractivity contribution in [3.8, 4) is 5.75 Å². The molecule has 6 heteroatoms. The summed E-state index contributed by atoms with van der Waals surface area (Å²) in [6.07, 6.45) is 4.50. The summed E-state index contributed by atoms with van der Waals surface area (Å²) >= 11 is 5.99. The molecule has 5 nitrogen and oxygen atoms in total. The van der Waals surface area contributed by atoms with Crippen LogP contribution in [0.5, 0.6) is 5.75 Å². The zero-order chi connectivity index (χ0) is 14.5. The Labute approximate surface area is 122 Å². The average molecular weight is 297 g/mol. The number of para-hydroxylation sites is 1. The summed E-state index contributed by atoms with van der Waals surface area (Å²) in [6.45, 7) is 0.0956. The van der Waals surface area contributed by atoms with Crippen molar-refractivity contribution in [3.63, 3.8) is 0 Å². The van der Waals surface area contributed by atoms with Gasteiger partial charge in [-0.15, -0.1) is 0 Å². The van der Waals surface area contributed by atoms with Crippen molar-refractivity contribution in [1.29, 1.82) is 0 Å². The van der Waals surface area contributed by atoms with Crippen LogP contribution in [-0.4, -0.2) is 30.9 Å². The van der Waals surface area contributed by atoms with Gasteiger partial charge < -0.3 is 20.5 Å². The minimum Gasteiger partial charge on any atom is -0.493 e. The van der Waals surface area contributed by atoms with Crippen LogP contribution in [0.25, 0.3) is 0 Å². The van der Waals surface area contributed by atoms with Crippen LogP contribution in [0.15, 0.2) is 30.4 Å². The van der Waals surface area contributed by atoms with E-state index in [4.69, 9.17) is 21.4 Å². The highest BCUT2D eigenvalue weighted by Gasteiger charge is 2.20. The second kappa shape index (κ2) is 6.63. The minimum atomic E-state index is -0.334. The number of hydrogen-bond acceptors (Lipinski definition) is 3. The molecule has 0 aliphatic heterocycles. The number of urea groups is 1. The first-order valence-electron chi connectivity index (χ1n) is 6.33. The minimum absolute atomic E-state index is 0.0719. The predicted octanol–water partition coefficient (Wildman–Crippen LogP) is 2.41. The molecule has 0 heterocycles. The summed E-state index contributed by atoms with van der Waals surface area (Å²) in [5.74, 6) is 0.542. The fraction of sp³-hybridized carbons (Fsp3) is 0.357. The van der Waals surface area contributed by atoms with Crippen molar-refractivity contribution in [1.82, 2.24) is 5.32 Å². The fourth-order valence-electron chi connectivity index (χ4n) is 2.16. The zero-order valence-corrected chi connectivity index (χ0v) is 11.9. The van der Waals surface area contributed by atoms with Crippen LogP contribution in [0.1, 0.15) is 6.42 Å². The number of methoxy groups -OCH3 is 1. The van der Waals surface area contributed by atoms with E-state index in [1.165, 1.54) is 7.11 Å². The number of hydrogen-bond donors (Lipinski definition) is 3. The van der Waals surface area contributed by atoms with Gasteiger partial charge in [0.25, 0.3) is 0 Å². The standard InChI is InChI=1S/C14H17ClN2O3/c1-20-13-11(15)3-2-4-12(13)17-14(19)16-10-6-5-9(7-10)8-18/h2-6,9-10,18H,7-8H2,1H3,(H2,16,17,19)/t9-,10+/m0/s1. The SMILES string of the molecule is COc1c(Cl)cccc1NC(=O)N[C@@H]1C=C[C@H](CO)C1. The Balaban J connectivity index is 1.96. The Morgan fingerprint density at radius 3 is 2.95 bits per heavy atom. The van der Waals surface area contributed by atoms with E-state index in [0.29, 0.717) is 22.9 Å². The van der Waals surface area contributed by atoms with E-state index >= 15 is 0 Å². The first-order valence-corrected chi connectivity index (χ1v) is 6.71. The first-order chi connectivity index (χ1) is 9.63. The maximum atomic E-state index is 11.9. The third kappa shape index (κ3) is 3.43. The van der Waals surface area contributed by atoms with Crippen molar-refractivity contribution in [2.45, 2.75) is 12.5 Å². The number of nitrogens with one attached hydrogen (secondary N) is 2. The van der Waals surface area contributed by atoms with Crippen LogP contribution in [0, 0.1) is 5.92 Å². The molecule has 1 aliphatic rings. The Hall–Kier alpha value is -1.72. The lowest BCUT2D eigenvalue weighted by Gasteiger charge is -2.15. The predicted molar refractivity (Wildman–Crippen MR) is 78.3 cm³/mol. The van der Waals surface area contributed by atoms with Crippen LogP contribution >= 0.6 is 11.6 Å². The Morgan fingerprint density at radius 1 is 1.50 bits per heavy atom. The lowest BCUT2D eigenvalue weighted by Crippen LogP contribution is -2.36. The molecule has 1 aromatic rings. The topological polar surface area (TPSA) is 70.6 Å². The molecule has 0 aromatic heterocycles. The van der Waals surface area contributed by atoms with Crippen LogP contribution < -0.4 is 15.4 Å². The van der Waals surface area contributed by atoms with Gasteiger partial charge in [-0.25, -0.2) is 4.79 Å². The van der Waals surface area contributed by atoms with Crippen LogP contribution in [0.3, 0.4) is 0 Å². The molecule has 2 amide bonds. The summed E-state index contributed by atoms with van der Waals surface area (Å²) < 4.78 is 5.16. The van der Waals surface area contributed by atoms with Crippen LogP contribution in [-0.2, 0) is 0 Å². The van der Waals surface area contributed by atoms with Crippen molar-refractivity contribution in [2.24, 2.45) is 5.92 Å². The normalized spacial score (nSPS) is 20.8. The van der Waals surface area contributed by atoms with Gasteiger partial charge in [0.2, 0.25) is 0 Å². The number of anilines is 1. The van der Waals surface area contributed by atoms with Gasteiger partial charge in [0.15, 0.2) is 5.75 Å². The number of carbonyl (C=O) groups is 1. The first kappa shape index (κ1) is 14.7. The van der Waals surface area contributed by atoms with Crippen molar-refractivity contribution in [2.75, 3.05) is 19.0 Å². The Kier molecular flexibility index (Phi) is 4.87. The number of aliphatic hydroxyl groups excluding tert-OH is 1. The molecule has 2 rings (SSSR count). The largest absolute Gasteiger partial charge is 0.493 e. The molecule has 20 heavy (non-hydrogen) atoms. The van der Waals surface area contributed by atoms with Crippen molar-refractivity contribution >= 4 is 23.3 Å². The summed E-state index contributed by atoms with van der Waals surface area (Å²) in [5.41, 5.74) is 0.512. The van der Waals surface area contributed by atoms with E-state index in [2.05, 4.69) is 10.6 Å². The number of carbonyl (C=O) groups excluding carboxylic acids is 1. The molecule has 1 aromatic carbocycles. The number of ether oxygens (including phenoxy) is 1. The molecule has 0 fully saturated rings. The highest BCUT2D eigenvalue weighted by Crippen LogP contribution is 2.32. The molecule has 0 saturated heterocycles. The molecule has 108 valence electrons. The number of rotatable bonds is 4. The Bertz CT molecular complexity index is 519. The monoisotopic (exact) mass is 296 g/mol. The van der Waals surface area contributed by atoms with Crippen LogP contribution in [0.2, 0.25) is 5.02 Å². The molecular formula is C14H17ClN2O3. The van der Waals surface area contributed by atoms with Gasteiger partial charge in [0.1, 0.15) is 0 Å². The lowest BCUT2D eigenvalue weighted by atomic mass is 10.1.